The molecule has 1 fully saturated rings. The maximum Gasteiger partial charge on any atom is 0.261 e. The van der Waals surface area contributed by atoms with Crippen LogP contribution < -0.4 is 0 Å². The molecule has 0 aliphatic carbocycles. The van der Waals surface area contributed by atoms with Crippen molar-refractivity contribution in [3.8, 4) is 0 Å². The molecule has 154 valence electrons. The van der Waals surface area contributed by atoms with Crippen molar-refractivity contribution in [3.05, 3.63) is 69.7 Å². The summed E-state index contributed by atoms with van der Waals surface area (Å²) in [5, 5.41) is 1.14. The summed E-state index contributed by atoms with van der Waals surface area (Å²) >= 11 is 12.0. The van der Waals surface area contributed by atoms with Gasteiger partial charge in [-0.1, -0.05) is 56.1 Å². The normalized spacial score (nSPS) is 19.2. The molecule has 2 atom stereocenters. The van der Waals surface area contributed by atoms with Gasteiger partial charge in [-0.15, -0.1) is 0 Å². The maximum atomic E-state index is 13.1. The van der Waals surface area contributed by atoms with E-state index in [4.69, 9.17) is 27.6 Å². The minimum Gasteiger partial charge on any atom is -0.403 e. The van der Waals surface area contributed by atoms with Gasteiger partial charge in [-0.3, -0.25) is 14.5 Å². The Bertz CT molecular complexity index is 874. The molecule has 3 rings (SSSR count). The number of amides is 2. The molecule has 0 N–H and O–H groups in total. The number of hydrogen-bond acceptors (Lipinski definition) is 3. The Morgan fingerprint density at radius 1 is 0.931 bits per heavy atom. The Labute approximate surface area is 182 Å². The molecule has 2 amide bonds. The largest absolute Gasteiger partial charge is 0.403 e. The number of hydrogen-bond donors (Lipinski definition) is 0. The molecular weight excluding hydrogens is 425 g/mol. The zero-order valence-electron chi connectivity index (χ0n) is 16.8. The summed E-state index contributed by atoms with van der Waals surface area (Å²) in [5.41, 5.74) is 1.26. The molecule has 1 heterocycles. The molecule has 1 saturated heterocycles. The van der Waals surface area contributed by atoms with E-state index >= 15 is 0 Å². The van der Waals surface area contributed by atoms with Crippen molar-refractivity contribution in [3.63, 3.8) is 0 Å². The van der Waals surface area contributed by atoms with Crippen LogP contribution in [0.4, 0.5) is 0 Å². The number of imide groups is 1. The summed E-state index contributed by atoms with van der Waals surface area (Å²) in [6.45, 7) is 6.36. The summed E-state index contributed by atoms with van der Waals surface area (Å²) in [4.78, 5) is 27.5. The number of benzene rings is 2. The topological polar surface area (TPSA) is 46.6 Å². The monoisotopic (exact) mass is 449 g/mol. The van der Waals surface area contributed by atoms with Crippen LogP contribution in [0.2, 0.25) is 28.2 Å². The van der Waals surface area contributed by atoms with Gasteiger partial charge in [0, 0.05) is 15.6 Å². The second-order valence-corrected chi connectivity index (χ2v) is 12.9. The highest BCUT2D eigenvalue weighted by molar-refractivity contribution is 6.73. The van der Waals surface area contributed by atoms with Crippen molar-refractivity contribution in [2.45, 2.75) is 51.0 Å². The van der Waals surface area contributed by atoms with Crippen LogP contribution in [0, 0.1) is 0 Å². The van der Waals surface area contributed by atoms with Crippen LogP contribution >= 0.6 is 23.2 Å². The molecule has 1 aliphatic heterocycles. The Kier molecular flexibility index (Phi) is 6.84. The fraction of sp³-hybridized carbons (Fsp3) is 0.364. The molecule has 0 spiro atoms. The van der Waals surface area contributed by atoms with Gasteiger partial charge in [0.1, 0.15) is 0 Å². The average molecular weight is 450 g/mol. The molecule has 2 aromatic rings. The van der Waals surface area contributed by atoms with Gasteiger partial charge in [0.05, 0.1) is 6.04 Å². The van der Waals surface area contributed by atoms with Crippen molar-refractivity contribution >= 4 is 43.3 Å². The summed E-state index contributed by atoms with van der Waals surface area (Å²) < 4.78 is 6.51. The molecule has 29 heavy (non-hydrogen) atoms. The van der Waals surface area contributed by atoms with Crippen LogP contribution in [0.15, 0.2) is 48.5 Å². The van der Waals surface area contributed by atoms with Crippen molar-refractivity contribution in [1.29, 1.82) is 0 Å². The van der Waals surface area contributed by atoms with Crippen LogP contribution in [-0.2, 0) is 9.22 Å². The van der Waals surface area contributed by atoms with Crippen LogP contribution in [0.1, 0.15) is 42.7 Å². The Hall–Kier alpha value is -1.66. The quantitative estimate of drug-likeness (QED) is 0.291. The number of likely N-dealkylation sites (tertiary alicyclic amines) is 1. The number of β-lactam (4-membered cyclic amide) rings is 1. The van der Waals surface area contributed by atoms with Crippen LogP contribution in [0.3, 0.4) is 0 Å². The van der Waals surface area contributed by atoms with E-state index in [1.165, 1.54) is 4.90 Å². The summed E-state index contributed by atoms with van der Waals surface area (Å²) in [5.74, 6) is -0.625. The second-order valence-electron chi connectivity index (χ2n) is 7.30. The first kappa shape index (κ1) is 22.0. The van der Waals surface area contributed by atoms with E-state index in [9.17, 15) is 9.59 Å². The number of halogens is 2. The highest BCUT2D eigenvalue weighted by atomic mass is 35.5. The van der Waals surface area contributed by atoms with E-state index in [1.807, 2.05) is 12.1 Å². The minimum absolute atomic E-state index is 0.280. The summed E-state index contributed by atoms with van der Waals surface area (Å²) in [6, 6.07) is 16.1. The van der Waals surface area contributed by atoms with Crippen LogP contribution in [-0.4, -0.2) is 31.1 Å². The van der Waals surface area contributed by atoms with Crippen LogP contribution in [0.25, 0.3) is 0 Å². The van der Waals surface area contributed by atoms with Crippen molar-refractivity contribution < 1.29 is 14.0 Å². The van der Waals surface area contributed by atoms with Gasteiger partial charge >= 0.3 is 0 Å². The second kappa shape index (κ2) is 9.00. The summed E-state index contributed by atoms with van der Waals surface area (Å²) in [6.07, 6.45) is -0.640. The lowest BCUT2D eigenvalue weighted by Crippen LogP contribution is -2.64. The predicted octanol–water partition coefficient (Wildman–Crippen LogP) is 6.11. The van der Waals surface area contributed by atoms with E-state index in [0.29, 0.717) is 15.6 Å². The van der Waals surface area contributed by atoms with Crippen molar-refractivity contribution in [2.75, 3.05) is 0 Å². The molecule has 0 aromatic heterocycles. The fourth-order valence-corrected chi connectivity index (χ4v) is 6.81. The van der Waals surface area contributed by atoms with Gasteiger partial charge in [-0.2, -0.15) is 0 Å². The van der Waals surface area contributed by atoms with E-state index in [2.05, 4.69) is 20.8 Å². The number of carbonyl (C=O) groups is 2. The lowest BCUT2D eigenvalue weighted by atomic mass is 9.90. The molecule has 0 bridgehead atoms. The van der Waals surface area contributed by atoms with Crippen LogP contribution in [0.5, 0.6) is 0 Å². The lowest BCUT2D eigenvalue weighted by molar-refractivity contribution is -0.158. The molecule has 4 nitrogen and oxygen atoms in total. The third kappa shape index (κ3) is 4.28. The maximum absolute atomic E-state index is 13.1. The SMILES string of the molecule is CC[Si](CC)(CC)OC1C(=O)N(C(=O)c2ccc(Cl)cc2)C1c1ccc(Cl)cc1. The van der Waals surface area contributed by atoms with E-state index in [1.54, 1.807) is 36.4 Å². The molecule has 1 aliphatic rings. The zero-order chi connectivity index (χ0) is 21.2. The Balaban J connectivity index is 1.95. The Morgan fingerprint density at radius 2 is 1.41 bits per heavy atom. The van der Waals surface area contributed by atoms with Gasteiger partial charge in [0.15, 0.2) is 14.4 Å². The van der Waals surface area contributed by atoms with E-state index < -0.39 is 20.5 Å². The number of rotatable bonds is 7. The van der Waals surface area contributed by atoms with E-state index in [-0.39, 0.29) is 11.8 Å². The molecule has 7 heteroatoms. The highest BCUT2D eigenvalue weighted by Crippen LogP contribution is 2.41. The molecule has 0 radical (unpaired) electrons. The Morgan fingerprint density at radius 3 is 1.90 bits per heavy atom. The fourth-order valence-electron chi connectivity index (χ4n) is 3.79. The third-order valence-corrected chi connectivity index (χ3v) is 11.0. The first-order valence-electron chi connectivity index (χ1n) is 9.92. The number of nitrogens with zero attached hydrogens (tertiary/aromatic N) is 1. The smallest absolute Gasteiger partial charge is 0.261 e. The highest BCUT2D eigenvalue weighted by Gasteiger charge is 2.54. The summed E-state index contributed by atoms with van der Waals surface area (Å²) in [7, 11) is -2.03. The van der Waals surface area contributed by atoms with Gasteiger partial charge in [0.25, 0.3) is 11.8 Å². The minimum atomic E-state index is -2.03. The van der Waals surface area contributed by atoms with Gasteiger partial charge < -0.3 is 4.43 Å². The first-order valence-corrected chi connectivity index (χ1v) is 13.2. The average Bonchev–Trinajstić information content (AvgIpc) is 2.74. The van der Waals surface area contributed by atoms with Gasteiger partial charge in [-0.05, 0) is 60.1 Å². The number of carbonyl (C=O) groups excluding carboxylic acids is 2. The van der Waals surface area contributed by atoms with Gasteiger partial charge in [0.2, 0.25) is 0 Å². The van der Waals surface area contributed by atoms with Crippen molar-refractivity contribution in [2.24, 2.45) is 0 Å². The standard InChI is InChI=1S/C22H25Cl2NO3Si/c1-4-29(5-2,6-3)28-20-19(15-7-11-17(23)12-8-15)25(22(20)27)21(26)16-9-13-18(24)14-10-16/h7-14,19-20H,4-6H2,1-3H3. The first-order chi connectivity index (χ1) is 13.9. The molecule has 0 saturated carbocycles. The third-order valence-electron chi connectivity index (χ3n) is 5.88. The zero-order valence-corrected chi connectivity index (χ0v) is 19.3. The molecular formula is C22H25Cl2NO3Si. The van der Waals surface area contributed by atoms with Gasteiger partial charge in [-0.25, -0.2) is 0 Å². The molecule has 2 unspecified atom stereocenters. The predicted molar refractivity (Wildman–Crippen MR) is 119 cm³/mol. The van der Waals surface area contributed by atoms with Crippen molar-refractivity contribution in [1.82, 2.24) is 4.90 Å². The lowest BCUT2D eigenvalue weighted by Gasteiger charge is -2.48. The molecule has 2 aromatic carbocycles. The van der Waals surface area contributed by atoms with E-state index in [0.717, 1.165) is 23.7 Å².